The van der Waals surface area contributed by atoms with Crippen molar-refractivity contribution >= 4 is 40.5 Å². The fourth-order valence-corrected chi connectivity index (χ4v) is 5.21. The second-order valence-corrected chi connectivity index (χ2v) is 10.2. The molecule has 37 heavy (non-hydrogen) atoms. The Morgan fingerprint density at radius 3 is 2.68 bits per heavy atom. The Hall–Kier alpha value is -3.48. The van der Waals surface area contributed by atoms with Gasteiger partial charge in [0, 0.05) is 11.6 Å². The van der Waals surface area contributed by atoms with Crippen LogP contribution in [0.5, 0.6) is 0 Å². The van der Waals surface area contributed by atoms with Gasteiger partial charge >= 0.3 is 0 Å². The number of likely N-dealkylation sites (tertiary alicyclic amines) is 1. The first kappa shape index (κ1) is 23.9. The number of ether oxygens (including phenoxy) is 1. The van der Waals surface area contributed by atoms with E-state index in [0.29, 0.717) is 45.4 Å². The van der Waals surface area contributed by atoms with Crippen LogP contribution in [0.1, 0.15) is 42.9 Å². The van der Waals surface area contributed by atoms with Crippen LogP contribution in [0.25, 0.3) is 10.5 Å². The molecule has 0 bridgehead atoms. The number of aromatic nitrogens is 4. The molecule has 6 rings (SSSR count). The number of aliphatic hydroxyl groups is 1. The fourth-order valence-electron chi connectivity index (χ4n) is 4.94. The van der Waals surface area contributed by atoms with Gasteiger partial charge in [-0.25, -0.2) is 4.98 Å². The number of piperidine rings is 1. The summed E-state index contributed by atoms with van der Waals surface area (Å²) in [4.78, 5) is 14.8. The average Bonchev–Trinajstić information content (AvgIpc) is 3.60. The van der Waals surface area contributed by atoms with Crippen LogP contribution in [0.4, 0.5) is 23.3 Å². The van der Waals surface area contributed by atoms with Gasteiger partial charge in [0.15, 0.2) is 5.82 Å². The first-order chi connectivity index (χ1) is 18.0. The first-order valence-corrected chi connectivity index (χ1v) is 12.8. The summed E-state index contributed by atoms with van der Waals surface area (Å²) in [6.45, 7) is 10.8. The summed E-state index contributed by atoms with van der Waals surface area (Å²) in [6.07, 6.45) is 4.41. The molecule has 12 heteroatoms. The Morgan fingerprint density at radius 2 is 2.03 bits per heavy atom. The molecule has 11 nitrogen and oxygen atoms in total. The summed E-state index contributed by atoms with van der Waals surface area (Å²) < 4.78 is 6.75. The molecule has 0 spiro atoms. The van der Waals surface area contributed by atoms with Crippen LogP contribution in [0, 0.1) is 23.8 Å². The Morgan fingerprint density at radius 1 is 1.24 bits per heavy atom. The Labute approximate surface area is 218 Å². The molecule has 1 saturated carbocycles. The highest BCUT2D eigenvalue weighted by Crippen LogP contribution is 2.39. The van der Waals surface area contributed by atoms with E-state index in [1.807, 2.05) is 0 Å². The number of hydrogen-bond donors (Lipinski definition) is 3. The number of nitrogens with zero attached hydrogens (tertiary/aromatic N) is 7. The van der Waals surface area contributed by atoms with Crippen LogP contribution in [-0.4, -0.2) is 68.0 Å². The molecule has 1 aliphatic carbocycles. The molecule has 1 atom stereocenters. The van der Waals surface area contributed by atoms with Crippen molar-refractivity contribution in [1.29, 1.82) is 5.26 Å². The van der Waals surface area contributed by atoms with Gasteiger partial charge in [0.2, 0.25) is 0 Å². The van der Waals surface area contributed by atoms with E-state index in [1.54, 1.807) is 12.1 Å². The number of aliphatic hydroxyl groups excluding tert-OH is 1. The third-order valence-corrected chi connectivity index (χ3v) is 7.75. The molecule has 2 aromatic heterocycles. The van der Waals surface area contributed by atoms with E-state index in [1.165, 1.54) is 10.7 Å². The molecule has 2 saturated heterocycles. The van der Waals surface area contributed by atoms with Crippen molar-refractivity contribution in [3.8, 4) is 6.07 Å². The maximum absolute atomic E-state index is 11.3. The van der Waals surface area contributed by atoms with Crippen molar-refractivity contribution in [2.45, 2.75) is 43.9 Å². The third kappa shape index (κ3) is 4.67. The van der Waals surface area contributed by atoms with Gasteiger partial charge in [0.1, 0.15) is 0 Å². The number of rotatable bonds is 7. The number of nitrogens with one attached hydrogen (secondary N) is 2. The normalized spacial score (nSPS) is 19.7. The molecule has 2 aliphatic heterocycles. The van der Waals surface area contributed by atoms with Crippen molar-refractivity contribution in [2.24, 2.45) is 5.92 Å². The molecule has 3 aromatic rings. The van der Waals surface area contributed by atoms with Crippen molar-refractivity contribution in [3.05, 3.63) is 45.9 Å². The van der Waals surface area contributed by atoms with E-state index in [-0.39, 0.29) is 17.7 Å². The quantitative estimate of drug-likeness (QED) is 0.400. The smallest absolute Gasteiger partial charge is 0.275 e. The van der Waals surface area contributed by atoms with E-state index >= 15 is 0 Å². The number of benzene rings is 1. The zero-order valence-corrected chi connectivity index (χ0v) is 20.8. The van der Waals surface area contributed by atoms with Crippen LogP contribution >= 0.6 is 11.6 Å². The average molecular weight is 520 g/mol. The van der Waals surface area contributed by atoms with E-state index in [0.717, 1.165) is 52.0 Å². The molecule has 3 aliphatic rings. The van der Waals surface area contributed by atoms with Crippen molar-refractivity contribution in [1.82, 2.24) is 24.5 Å². The molecule has 1 unspecified atom stereocenters. The fraction of sp³-hybridized carbons (Fsp3) is 0.480. The number of hydrogen-bond acceptors (Lipinski definition) is 9. The summed E-state index contributed by atoms with van der Waals surface area (Å²) in [6, 6.07) is 6.23. The predicted octanol–water partition coefficient (Wildman–Crippen LogP) is 3.66. The second kappa shape index (κ2) is 9.77. The molecule has 0 amide bonds. The van der Waals surface area contributed by atoms with Gasteiger partial charge in [-0.1, -0.05) is 23.3 Å². The van der Waals surface area contributed by atoms with Crippen LogP contribution in [0.3, 0.4) is 0 Å². The minimum absolute atomic E-state index is 0.0330. The number of imidazole rings is 1. The second-order valence-electron chi connectivity index (χ2n) is 9.84. The standard InChI is InChI=1S/C25H26ClN9O2/c1-28-20-11-29-24-23(30-16-2-3-16)32-25(33-35(20)24)31-19-9-14(10-27)8-18(21(19)26)22(36)15-4-6-34(7-5-15)17-12-37-13-17/h8-9,11,15-17,22,36H,2-7,12-13H2,(H2,30,31,32,33). The van der Waals surface area contributed by atoms with Gasteiger partial charge in [-0.15, -0.1) is 4.52 Å². The monoisotopic (exact) mass is 519 g/mol. The number of anilines is 3. The molecule has 3 fully saturated rings. The highest BCUT2D eigenvalue weighted by Gasteiger charge is 2.33. The molecular weight excluding hydrogens is 494 g/mol. The third-order valence-electron chi connectivity index (χ3n) is 7.33. The van der Waals surface area contributed by atoms with Crippen LogP contribution in [0.2, 0.25) is 5.02 Å². The van der Waals surface area contributed by atoms with E-state index in [2.05, 4.69) is 41.5 Å². The highest BCUT2D eigenvalue weighted by molar-refractivity contribution is 6.34. The molecule has 190 valence electrons. The predicted molar refractivity (Wildman–Crippen MR) is 137 cm³/mol. The van der Waals surface area contributed by atoms with Crippen molar-refractivity contribution in [2.75, 3.05) is 36.9 Å². The lowest BCUT2D eigenvalue weighted by atomic mass is 9.86. The van der Waals surface area contributed by atoms with Crippen LogP contribution < -0.4 is 10.6 Å². The van der Waals surface area contributed by atoms with Gasteiger partial charge in [0.25, 0.3) is 17.4 Å². The highest BCUT2D eigenvalue weighted by atomic mass is 35.5. The zero-order chi connectivity index (χ0) is 25.5. The van der Waals surface area contributed by atoms with Gasteiger partial charge < -0.3 is 25.3 Å². The molecule has 0 radical (unpaired) electrons. The summed E-state index contributed by atoms with van der Waals surface area (Å²) in [5.74, 6) is 1.01. The SMILES string of the molecule is [C-]#[N+]c1cnc2c(NC3CC3)nc(Nc3cc(C#N)cc(C(O)C4CCN(C5COC5)CC4)c3Cl)nn12. The minimum Gasteiger partial charge on any atom is -0.388 e. The Bertz CT molecular complexity index is 1410. The lowest BCUT2D eigenvalue weighted by Crippen LogP contribution is -2.52. The lowest BCUT2D eigenvalue weighted by molar-refractivity contribution is -0.0794. The lowest BCUT2D eigenvalue weighted by Gasteiger charge is -2.42. The van der Waals surface area contributed by atoms with E-state index in [9.17, 15) is 10.4 Å². The molecule has 1 aromatic carbocycles. The Kier molecular flexibility index (Phi) is 6.31. The van der Waals surface area contributed by atoms with Crippen LogP contribution in [-0.2, 0) is 4.74 Å². The van der Waals surface area contributed by atoms with E-state index in [4.69, 9.17) is 22.9 Å². The summed E-state index contributed by atoms with van der Waals surface area (Å²) in [5, 5.41) is 32.2. The minimum atomic E-state index is -0.806. The molecule has 4 heterocycles. The maximum atomic E-state index is 11.3. The van der Waals surface area contributed by atoms with E-state index < -0.39 is 6.10 Å². The Balaban J connectivity index is 1.29. The van der Waals surface area contributed by atoms with Gasteiger partial charge in [-0.05, 0) is 56.8 Å². The number of fused-ring (bicyclic) bond motifs is 1. The summed E-state index contributed by atoms with van der Waals surface area (Å²) in [7, 11) is 0. The molecule has 3 N–H and O–H groups in total. The summed E-state index contributed by atoms with van der Waals surface area (Å²) in [5.41, 5.74) is 1.76. The van der Waals surface area contributed by atoms with Gasteiger partial charge in [0.05, 0.1) is 53.9 Å². The van der Waals surface area contributed by atoms with Crippen LogP contribution in [0.15, 0.2) is 18.3 Å². The van der Waals surface area contributed by atoms with Gasteiger partial charge in [-0.3, -0.25) is 4.90 Å². The number of nitriles is 1. The first-order valence-electron chi connectivity index (χ1n) is 12.4. The van der Waals surface area contributed by atoms with Crippen molar-refractivity contribution < 1.29 is 9.84 Å². The summed E-state index contributed by atoms with van der Waals surface area (Å²) >= 11 is 6.80. The topological polar surface area (TPSA) is 128 Å². The molecular formula is C25H26ClN9O2. The number of halogens is 1. The maximum Gasteiger partial charge on any atom is 0.275 e. The zero-order valence-electron chi connectivity index (χ0n) is 20.1. The van der Waals surface area contributed by atoms with Crippen molar-refractivity contribution in [3.63, 3.8) is 0 Å². The van der Waals surface area contributed by atoms with Gasteiger partial charge in [-0.2, -0.15) is 10.2 Å². The largest absolute Gasteiger partial charge is 0.388 e.